The highest BCUT2D eigenvalue weighted by Crippen LogP contribution is 2.34. The second kappa shape index (κ2) is 10.5. The van der Waals surface area contributed by atoms with Crippen LogP contribution in [-0.2, 0) is 19.7 Å². The van der Waals surface area contributed by atoms with E-state index in [1.807, 2.05) is 37.3 Å². The molecule has 0 heterocycles. The molecule has 0 fully saturated rings. The quantitative estimate of drug-likeness (QED) is 0.423. The first-order valence-electron chi connectivity index (χ1n) is 9.33. The molecule has 0 aromatic heterocycles. The Kier molecular flexibility index (Phi) is 7.76. The third kappa shape index (κ3) is 6.10. The molecule has 3 nitrogen and oxygen atoms in total. The van der Waals surface area contributed by atoms with Crippen LogP contribution in [0.15, 0.2) is 60.7 Å². The van der Waals surface area contributed by atoms with Gasteiger partial charge < -0.3 is 14.8 Å². The van der Waals surface area contributed by atoms with Gasteiger partial charge in [0.15, 0.2) is 11.5 Å². The van der Waals surface area contributed by atoms with E-state index in [9.17, 15) is 4.39 Å². The molecule has 0 amide bonds. The maximum absolute atomic E-state index is 13.1. The van der Waals surface area contributed by atoms with Crippen molar-refractivity contribution in [2.45, 2.75) is 26.6 Å². The first-order valence-corrected chi connectivity index (χ1v) is 10.1. The summed E-state index contributed by atoms with van der Waals surface area (Å²) in [6.07, 6.45) is 0. The minimum atomic E-state index is -0.277. The molecule has 0 atom stereocenters. The van der Waals surface area contributed by atoms with Crippen molar-refractivity contribution >= 4 is 23.2 Å². The lowest BCUT2D eigenvalue weighted by Gasteiger charge is -2.15. The predicted molar refractivity (Wildman–Crippen MR) is 115 cm³/mol. The summed E-state index contributed by atoms with van der Waals surface area (Å²) in [5, 5.41) is 4.66. The van der Waals surface area contributed by atoms with Gasteiger partial charge in [0.2, 0.25) is 0 Å². The number of nitrogens with one attached hydrogen (secondary N) is 1. The van der Waals surface area contributed by atoms with Gasteiger partial charge in [-0.3, -0.25) is 0 Å². The molecule has 1 N–H and O–H groups in total. The lowest BCUT2D eigenvalue weighted by atomic mass is 10.1. The number of benzene rings is 3. The van der Waals surface area contributed by atoms with Crippen LogP contribution in [0.2, 0.25) is 10.0 Å². The van der Waals surface area contributed by atoms with Crippen molar-refractivity contribution in [1.82, 2.24) is 5.32 Å². The van der Waals surface area contributed by atoms with E-state index in [0.29, 0.717) is 42.8 Å². The zero-order valence-corrected chi connectivity index (χ0v) is 17.6. The van der Waals surface area contributed by atoms with Crippen molar-refractivity contribution in [3.63, 3.8) is 0 Å². The first kappa shape index (κ1) is 21.4. The average molecular weight is 434 g/mol. The second-order valence-electron chi connectivity index (χ2n) is 6.43. The molecule has 0 aliphatic carbocycles. The minimum Gasteiger partial charge on any atom is -0.490 e. The van der Waals surface area contributed by atoms with Gasteiger partial charge >= 0.3 is 0 Å². The molecule has 6 heteroatoms. The van der Waals surface area contributed by atoms with Crippen LogP contribution in [0, 0.1) is 5.82 Å². The Bertz CT molecular complexity index is 948. The fraction of sp³-hybridized carbons (Fsp3) is 0.217. The largest absolute Gasteiger partial charge is 0.490 e. The molecule has 3 aromatic rings. The van der Waals surface area contributed by atoms with Crippen molar-refractivity contribution < 1.29 is 13.9 Å². The Balaban J connectivity index is 1.68. The van der Waals surface area contributed by atoms with E-state index >= 15 is 0 Å². The molecule has 3 rings (SSSR count). The maximum atomic E-state index is 13.1. The van der Waals surface area contributed by atoms with Crippen molar-refractivity contribution in [3.05, 3.63) is 93.2 Å². The van der Waals surface area contributed by atoms with E-state index in [1.165, 1.54) is 12.1 Å². The molecule has 0 unspecified atom stereocenters. The van der Waals surface area contributed by atoms with Crippen molar-refractivity contribution in [2.75, 3.05) is 6.61 Å². The molecular weight excluding hydrogens is 412 g/mol. The van der Waals surface area contributed by atoms with Gasteiger partial charge in [-0.25, -0.2) is 4.39 Å². The Hall–Kier alpha value is -2.27. The molecule has 0 saturated carbocycles. The summed E-state index contributed by atoms with van der Waals surface area (Å²) in [4.78, 5) is 0. The Morgan fingerprint density at radius 2 is 1.52 bits per heavy atom. The fourth-order valence-electron chi connectivity index (χ4n) is 2.81. The highest BCUT2D eigenvalue weighted by molar-refractivity contribution is 6.31. The Morgan fingerprint density at radius 1 is 0.828 bits per heavy atom. The summed E-state index contributed by atoms with van der Waals surface area (Å²) in [7, 11) is 0. The highest BCUT2D eigenvalue weighted by atomic mass is 35.5. The number of hydrogen-bond donors (Lipinski definition) is 1. The van der Waals surface area contributed by atoms with Crippen LogP contribution in [0.4, 0.5) is 4.39 Å². The minimum absolute atomic E-state index is 0.277. The summed E-state index contributed by atoms with van der Waals surface area (Å²) >= 11 is 12.7. The van der Waals surface area contributed by atoms with Gasteiger partial charge in [0.1, 0.15) is 12.4 Å². The number of ether oxygens (including phenoxy) is 2. The van der Waals surface area contributed by atoms with E-state index in [-0.39, 0.29) is 5.82 Å². The van der Waals surface area contributed by atoms with E-state index < -0.39 is 0 Å². The normalized spacial score (nSPS) is 10.8. The number of halogens is 3. The van der Waals surface area contributed by atoms with Gasteiger partial charge in [-0.15, -0.1) is 0 Å². The third-order valence-electron chi connectivity index (χ3n) is 4.31. The van der Waals surface area contributed by atoms with E-state index in [0.717, 1.165) is 21.7 Å². The standard InChI is InChI=1S/C23H22Cl2FNO2/c1-2-28-22-11-18(14-27-13-17-5-3-4-6-20(17)24)21(25)12-23(22)29-15-16-7-9-19(26)10-8-16/h3-12,27H,2,13-15H2,1H3. The lowest BCUT2D eigenvalue weighted by Crippen LogP contribution is -2.13. The molecule has 0 spiro atoms. The molecule has 0 bridgehead atoms. The zero-order valence-electron chi connectivity index (χ0n) is 16.1. The van der Waals surface area contributed by atoms with Gasteiger partial charge in [0, 0.05) is 29.2 Å². The van der Waals surface area contributed by atoms with Gasteiger partial charge in [0.25, 0.3) is 0 Å². The summed E-state index contributed by atoms with van der Waals surface area (Å²) < 4.78 is 24.7. The van der Waals surface area contributed by atoms with Crippen LogP contribution < -0.4 is 14.8 Å². The molecule has 0 aliphatic rings. The number of rotatable bonds is 9. The van der Waals surface area contributed by atoms with Gasteiger partial charge in [0.05, 0.1) is 6.61 Å². The molecule has 3 aromatic carbocycles. The van der Waals surface area contributed by atoms with E-state index in [1.54, 1.807) is 18.2 Å². The molecule has 0 saturated heterocycles. The van der Waals surface area contributed by atoms with Crippen molar-refractivity contribution in [2.24, 2.45) is 0 Å². The maximum Gasteiger partial charge on any atom is 0.163 e. The Labute approximate surface area is 180 Å². The van der Waals surface area contributed by atoms with E-state index in [2.05, 4.69) is 5.32 Å². The smallest absolute Gasteiger partial charge is 0.163 e. The fourth-order valence-corrected chi connectivity index (χ4v) is 3.23. The van der Waals surface area contributed by atoms with Crippen LogP contribution in [0.1, 0.15) is 23.6 Å². The van der Waals surface area contributed by atoms with Gasteiger partial charge in [-0.05, 0) is 47.9 Å². The zero-order chi connectivity index (χ0) is 20.6. The summed E-state index contributed by atoms with van der Waals surface area (Å²) in [5.74, 6) is 0.894. The van der Waals surface area contributed by atoms with Gasteiger partial charge in [-0.1, -0.05) is 53.5 Å². The van der Waals surface area contributed by atoms with Crippen LogP contribution in [0.5, 0.6) is 11.5 Å². The molecule has 0 aliphatic heterocycles. The predicted octanol–water partition coefficient (Wildman–Crippen LogP) is 6.40. The highest BCUT2D eigenvalue weighted by Gasteiger charge is 2.12. The van der Waals surface area contributed by atoms with Crippen LogP contribution in [0.3, 0.4) is 0 Å². The van der Waals surface area contributed by atoms with Crippen molar-refractivity contribution in [1.29, 1.82) is 0 Å². The average Bonchev–Trinajstić information content (AvgIpc) is 2.71. The monoisotopic (exact) mass is 433 g/mol. The molecule has 152 valence electrons. The SMILES string of the molecule is CCOc1cc(CNCc2ccccc2Cl)c(Cl)cc1OCc1ccc(F)cc1. The number of hydrogen-bond acceptors (Lipinski definition) is 3. The topological polar surface area (TPSA) is 30.5 Å². The van der Waals surface area contributed by atoms with Crippen LogP contribution in [-0.4, -0.2) is 6.61 Å². The van der Waals surface area contributed by atoms with E-state index in [4.69, 9.17) is 32.7 Å². The molecule has 0 radical (unpaired) electrons. The first-order chi connectivity index (χ1) is 14.1. The molecular formula is C23H22Cl2FNO2. The lowest BCUT2D eigenvalue weighted by molar-refractivity contribution is 0.269. The van der Waals surface area contributed by atoms with Gasteiger partial charge in [-0.2, -0.15) is 0 Å². The summed E-state index contributed by atoms with van der Waals surface area (Å²) in [5.41, 5.74) is 2.78. The molecule has 29 heavy (non-hydrogen) atoms. The summed E-state index contributed by atoms with van der Waals surface area (Å²) in [6.45, 7) is 3.89. The van der Waals surface area contributed by atoms with Crippen molar-refractivity contribution in [3.8, 4) is 11.5 Å². The van der Waals surface area contributed by atoms with Crippen LogP contribution >= 0.6 is 23.2 Å². The summed E-state index contributed by atoms with van der Waals surface area (Å²) in [6, 6.07) is 17.5. The third-order valence-corrected chi connectivity index (χ3v) is 5.03. The van der Waals surface area contributed by atoms with Crippen LogP contribution in [0.25, 0.3) is 0 Å². The second-order valence-corrected chi connectivity index (χ2v) is 7.25. The Morgan fingerprint density at radius 3 is 2.24 bits per heavy atom.